The lowest BCUT2D eigenvalue weighted by atomic mass is 10.3. The normalized spacial score (nSPS) is 15.2. The minimum Gasteiger partial charge on any atom is -0.158 e. The summed E-state index contributed by atoms with van der Waals surface area (Å²) in [7, 11) is 0. The Kier molecular flexibility index (Phi) is 11.7. The van der Waals surface area contributed by atoms with Crippen LogP contribution >= 0.6 is 23.5 Å². The highest BCUT2D eigenvalue weighted by Gasteiger charge is 2.15. The molecule has 0 amide bonds. The second kappa shape index (κ2) is 11.2. The molecule has 0 bridgehead atoms. The van der Waals surface area contributed by atoms with Crippen LogP contribution in [-0.4, -0.2) is 22.0 Å². The smallest absolute Gasteiger partial charge is 0.0161 e. The lowest BCUT2D eigenvalue weighted by Crippen LogP contribution is -2.16. The van der Waals surface area contributed by atoms with Gasteiger partial charge in [-0.15, -0.1) is 0 Å². The Morgan fingerprint density at radius 1 is 0.867 bits per heavy atom. The van der Waals surface area contributed by atoms with Gasteiger partial charge in [-0.2, -0.15) is 23.5 Å². The summed E-state index contributed by atoms with van der Waals surface area (Å²) in [5.74, 6) is 2.70. The number of hydrogen-bond donors (Lipinski definition) is 0. The number of rotatable bonds is 10. The monoisotopic (exact) mass is 248 g/mol. The van der Waals surface area contributed by atoms with Gasteiger partial charge >= 0.3 is 0 Å². The van der Waals surface area contributed by atoms with E-state index in [0.29, 0.717) is 0 Å². The molecule has 0 rings (SSSR count). The van der Waals surface area contributed by atoms with Crippen molar-refractivity contribution < 1.29 is 0 Å². The van der Waals surface area contributed by atoms with Crippen molar-refractivity contribution in [2.24, 2.45) is 0 Å². The minimum absolute atomic E-state index is 0.836. The summed E-state index contributed by atoms with van der Waals surface area (Å²) in [6.07, 6.45) is 6.76. The second-order valence-electron chi connectivity index (χ2n) is 4.10. The Morgan fingerprint density at radius 3 is 1.87 bits per heavy atom. The predicted octanol–water partition coefficient (Wildman–Crippen LogP) is 5.22. The number of hydrogen-bond acceptors (Lipinski definition) is 2. The van der Waals surface area contributed by atoms with Crippen LogP contribution in [0.5, 0.6) is 0 Å². The van der Waals surface area contributed by atoms with Gasteiger partial charge in [-0.3, -0.25) is 0 Å². The number of thioether (sulfide) groups is 2. The molecule has 2 unspecified atom stereocenters. The van der Waals surface area contributed by atoms with Crippen molar-refractivity contribution in [1.82, 2.24) is 0 Å². The SMILES string of the molecule is CCCCSC(C)C(CC)SCCCC. The van der Waals surface area contributed by atoms with E-state index in [2.05, 4.69) is 51.2 Å². The first-order valence-corrected chi connectivity index (χ1v) is 8.59. The molecule has 0 saturated carbocycles. The number of unbranched alkanes of at least 4 members (excludes halogenated alkanes) is 2. The summed E-state index contributed by atoms with van der Waals surface area (Å²) in [4.78, 5) is 0. The van der Waals surface area contributed by atoms with Gasteiger partial charge in [0.25, 0.3) is 0 Å². The van der Waals surface area contributed by atoms with E-state index in [1.165, 1.54) is 43.6 Å². The lowest BCUT2D eigenvalue weighted by molar-refractivity contribution is 0.797. The van der Waals surface area contributed by atoms with Gasteiger partial charge in [0.2, 0.25) is 0 Å². The van der Waals surface area contributed by atoms with E-state index >= 15 is 0 Å². The van der Waals surface area contributed by atoms with Gasteiger partial charge in [-0.1, -0.05) is 40.5 Å². The zero-order chi connectivity index (χ0) is 11.5. The molecule has 0 N–H and O–H groups in total. The van der Waals surface area contributed by atoms with Crippen LogP contribution in [0.25, 0.3) is 0 Å². The first kappa shape index (κ1) is 15.7. The molecule has 0 aromatic heterocycles. The second-order valence-corrected chi connectivity index (χ2v) is 6.93. The summed E-state index contributed by atoms with van der Waals surface area (Å²) < 4.78 is 0. The van der Waals surface area contributed by atoms with Crippen molar-refractivity contribution in [2.75, 3.05) is 11.5 Å². The summed E-state index contributed by atoms with van der Waals surface area (Å²) in [6, 6.07) is 0. The van der Waals surface area contributed by atoms with Crippen LogP contribution < -0.4 is 0 Å². The molecule has 2 heteroatoms. The third-order valence-corrected chi connectivity index (χ3v) is 5.88. The molecule has 0 heterocycles. The van der Waals surface area contributed by atoms with E-state index in [1.54, 1.807) is 0 Å². The van der Waals surface area contributed by atoms with Crippen molar-refractivity contribution in [1.29, 1.82) is 0 Å². The highest BCUT2D eigenvalue weighted by atomic mass is 32.2. The first-order chi connectivity index (χ1) is 7.26. The van der Waals surface area contributed by atoms with Crippen LogP contribution in [0.2, 0.25) is 0 Å². The molecule has 0 aliphatic carbocycles. The van der Waals surface area contributed by atoms with E-state index in [-0.39, 0.29) is 0 Å². The average molecular weight is 249 g/mol. The largest absolute Gasteiger partial charge is 0.158 e. The van der Waals surface area contributed by atoms with E-state index in [4.69, 9.17) is 0 Å². The molecule has 0 aromatic rings. The molecule has 0 fully saturated rings. The fourth-order valence-electron chi connectivity index (χ4n) is 1.49. The van der Waals surface area contributed by atoms with E-state index in [1.807, 2.05) is 0 Å². The third kappa shape index (κ3) is 8.50. The molecule has 0 radical (unpaired) electrons. The molecule has 92 valence electrons. The quantitative estimate of drug-likeness (QED) is 0.486. The molecule has 0 aliphatic heterocycles. The Balaban J connectivity index is 3.62. The molecule has 15 heavy (non-hydrogen) atoms. The zero-order valence-electron chi connectivity index (χ0n) is 10.9. The lowest BCUT2D eigenvalue weighted by Gasteiger charge is -2.21. The van der Waals surface area contributed by atoms with Gasteiger partial charge in [0.05, 0.1) is 0 Å². The Labute approximate surface area is 105 Å². The van der Waals surface area contributed by atoms with Crippen LogP contribution in [0.15, 0.2) is 0 Å². The van der Waals surface area contributed by atoms with Crippen molar-refractivity contribution >= 4 is 23.5 Å². The van der Waals surface area contributed by atoms with Gasteiger partial charge in [-0.05, 0) is 30.8 Å². The van der Waals surface area contributed by atoms with E-state index in [0.717, 1.165) is 10.5 Å². The molecule has 2 atom stereocenters. The van der Waals surface area contributed by atoms with Crippen molar-refractivity contribution in [3.8, 4) is 0 Å². The molecule has 0 aliphatic rings. The van der Waals surface area contributed by atoms with E-state index < -0.39 is 0 Å². The third-order valence-electron chi connectivity index (χ3n) is 2.63. The topological polar surface area (TPSA) is 0 Å². The fourth-order valence-corrected chi connectivity index (χ4v) is 4.46. The van der Waals surface area contributed by atoms with Gasteiger partial charge in [0.1, 0.15) is 0 Å². The standard InChI is InChI=1S/C13H28S2/c1-5-8-10-14-12(4)13(7-3)15-11-9-6-2/h12-13H,5-11H2,1-4H3. The maximum atomic E-state index is 2.41. The van der Waals surface area contributed by atoms with Crippen LogP contribution in [0.3, 0.4) is 0 Å². The van der Waals surface area contributed by atoms with Crippen molar-refractivity contribution in [2.45, 2.75) is 70.3 Å². The fraction of sp³-hybridized carbons (Fsp3) is 1.00. The molecular weight excluding hydrogens is 220 g/mol. The van der Waals surface area contributed by atoms with Crippen LogP contribution in [0, 0.1) is 0 Å². The van der Waals surface area contributed by atoms with E-state index in [9.17, 15) is 0 Å². The first-order valence-electron chi connectivity index (χ1n) is 6.49. The minimum atomic E-state index is 0.836. The Morgan fingerprint density at radius 2 is 1.40 bits per heavy atom. The highest BCUT2D eigenvalue weighted by molar-refractivity contribution is 8.03. The van der Waals surface area contributed by atoms with Crippen LogP contribution in [-0.2, 0) is 0 Å². The zero-order valence-corrected chi connectivity index (χ0v) is 12.6. The average Bonchev–Trinajstić information content (AvgIpc) is 2.24. The maximum Gasteiger partial charge on any atom is 0.0161 e. The van der Waals surface area contributed by atoms with Gasteiger partial charge < -0.3 is 0 Å². The molecular formula is C13H28S2. The Bertz CT molecular complexity index is 126. The van der Waals surface area contributed by atoms with Gasteiger partial charge in [0, 0.05) is 10.5 Å². The Hall–Kier alpha value is 0.700. The summed E-state index contributed by atoms with van der Waals surface area (Å²) in [5, 5.41) is 1.71. The summed E-state index contributed by atoms with van der Waals surface area (Å²) in [5.41, 5.74) is 0. The van der Waals surface area contributed by atoms with Crippen molar-refractivity contribution in [3.63, 3.8) is 0 Å². The van der Waals surface area contributed by atoms with Gasteiger partial charge in [-0.25, -0.2) is 0 Å². The van der Waals surface area contributed by atoms with Crippen molar-refractivity contribution in [3.05, 3.63) is 0 Å². The molecule has 0 spiro atoms. The van der Waals surface area contributed by atoms with Crippen LogP contribution in [0.4, 0.5) is 0 Å². The molecule has 0 aromatic carbocycles. The van der Waals surface area contributed by atoms with Crippen LogP contribution in [0.1, 0.15) is 59.8 Å². The maximum absolute atomic E-state index is 2.41. The van der Waals surface area contributed by atoms with Gasteiger partial charge in [0.15, 0.2) is 0 Å². The molecule has 0 saturated heterocycles. The summed E-state index contributed by atoms with van der Waals surface area (Å²) in [6.45, 7) is 9.30. The predicted molar refractivity (Wildman–Crippen MR) is 78.3 cm³/mol. The molecule has 0 nitrogen and oxygen atoms in total. The highest BCUT2D eigenvalue weighted by Crippen LogP contribution is 2.28. The summed E-state index contributed by atoms with van der Waals surface area (Å²) >= 11 is 4.36.